The van der Waals surface area contributed by atoms with Crippen LogP contribution in [0.2, 0.25) is 0 Å². The van der Waals surface area contributed by atoms with Crippen LogP contribution in [0.15, 0.2) is 40.8 Å². The molecule has 0 saturated carbocycles. The Balaban J connectivity index is 1.72. The van der Waals surface area contributed by atoms with Crippen LogP contribution in [0.3, 0.4) is 0 Å². The number of benzene rings is 2. The van der Waals surface area contributed by atoms with E-state index in [1.807, 2.05) is 30.3 Å². The first-order valence-electron chi connectivity index (χ1n) is 9.87. The van der Waals surface area contributed by atoms with E-state index in [9.17, 15) is 4.79 Å². The topological polar surface area (TPSA) is 51.5 Å². The summed E-state index contributed by atoms with van der Waals surface area (Å²) in [6.45, 7) is 11.2. The lowest BCUT2D eigenvalue weighted by atomic mass is 9.88. The molecule has 4 nitrogen and oxygen atoms in total. The fourth-order valence-corrected chi connectivity index (χ4v) is 3.66. The summed E-state index contributed by atoms with van der Waals surface area (Å²) in [6, 6.07) is 11.3. The molecule has 1 aromatic heterocycles. The zero-order valence-corrected chi connectivity index (χ0v) is 18.1. The van der Waals surface area contributed by atoms with Gasteiger partial charge in [0.05, 0.1) is 7.11 Å². The Hall–Kier alpha value is -3.01. The van der Waals surface area contributed by atoms with Gasteiger partial charge in [0, 0.05) is 13.0 Å². The Bertz CT molecular complexity index is 1020. The minimum atomic E-state index is -0.219. The number of ether oxygens (including phenoxy) is 1. The number of furan rings is 1. The molecule has 4 heteroatoms. The molecule has 0 spiro atoms. The molecule has 0 saturated heterocycles. The summed E-state index contributed by atoms with van der Waals surface area (Å²) in [5.74, 6) is 1.68. The zero-order chi connectivity index (χ0) is 21.1. The monoisotopic (exact) mass is 391 g/mol. The van der Waals surface area contributed by atoms with Crippen LogP contribution in [0.25, 0.3) is 0 Å². The molecule has 0 unspecified atom stereocenters. The van der Waals surface area contributed by atoms with Crippen molar-refractivity contribution in [1.29, 1.82) is 0 Å². The Morgan fingerprint density at radius 2 is 1.59 bits per heavy atom. The number of carbonyl (C=O) groups is 1. The van der Waals surface area contributed by atoms with Crippen molar-refractivity contribution in [3.8, 4) is 5.75 Å². The molecule has 0 aliphatic rings. The summed E-state index contributed by atoms with van der Waals surface area (Å²) >= 11 is 0. The first-order chi connectivity index (χ1) is 13.8. The fraction of sp³-hybridized carbons (Fsp3) is 0.320. The van der Waals surface area contributed by atoms with E-state index in [0.717, 1.165) is 17.1 Å². The second-order valence-corrected chi connectivity index (χ2v) is 7.58. The molecule has 0 bridgehead atoms. The Kier molecular flexibility index (Phi) is 6.12. The first kappa shape index (κ1) is 20.7. The lowest BCUT2D eigenvalue weighted by Crippen LogP contribution is -2.22. The number of carbonyl (C=O) groups excluding carboxylic acids is 1. The minimum absolute atomic E-state index is 0.219. The van der Waals surface area contributed by atoms with Gasteiger partial charge in [-0.3, -0.25) is 4.79 Å². The number of amides is 1. The summed E-state index contributed by atoms with van der Waals surface area (Å²) in [5.41, 5.74) is 8.85. The van der Waals surface area contributed by atoms with Gasteiger partial charge in [-0.1, -0.05) is 12.1 Å². The van der Waals surface area contributed by atoms with Gasteiger partial charge in [0.15, 0.2) is 5.76 Å². The number of rotatable bonds is 6. The Morgan fingerprint density at radius 3 is 2.24 bits per heavy atom. The lowest BCUT2D eigenvalue weighted by molar-refractivity contribution is 0.0921. The molecule has 0 aliphatic carbocycles. The van der Waals surface area contributed by atoms with E-state index in [1.54, 1.807) is 13.2 Å². The van der Waals surface area contributed by atoms with Gasteiger partial charge >= 0.3 is 0 Å². The zero-order valence-electron chi connectivity index (χ0n) is 18.1. The molecular weight excluding hydrogens is 362 g/mol. The van der Waals surface area contributed by atoms with Gasteiger partial charge in [-0.05, 0) is 97.8 Å². The predicted molar refractivity (Wildman–Crippen MR) is 116 cm³/mol. The molecule has 3 aromatic rings. The van der Waals surface area contributed by atoms with Crippen LogP contribution in [0.5, 0.6) is 5.75 Å². The molecule has 1 N–H and O–H groups in total. The molecule has 2 aromatic carbocycles. The standard InChI is InChI=1S/C25H29NO3/c1-15-16(2)18(4)23(19(5)17(15)3)13-22-10-11-24(29-22)25(27)26-14-20-8-7-9-21(12-20)28-6/h7-12H,13-14H2,1-6H3,(H,26,27). The highest BCUT2D eigenvalue weighted by atomic mass is 16.5. The number of methoxy groups -OCH3 is 1. The van der Waals surface area contributed by atoms with Gasteiger partial charge in [0.25, 0.3) is 5.91 Å². The molecule has 0 fully saturated rings. The Morgan fingerprint density at radius 1 is 0.931 bits per heavy atom. The SMILES string of the molecule is COc1cccc(CNC(=O)c2ccc(Cc3c(C)c(C)c(C)c(C)c3C)o2)c1. The van der Waals surface area contributed by atoms with E-state index in [2.05, 4.69) is 39.9 Å². The average Bonchev–Trinajstić information content (AvgIpc) is 3.21. The lowest BCUT2D eigenvalue weighted by Gasteiger charge is -2.18. The van der Waals surface area contributed by atoms with Crippen molar-refractivity contribution in [3.63, 3.8) is 0 Å². The summed E-state index contributed by atoms with van der Waals surface area (Å²) in [7, 11) is 1.63. The van der Waals surface area contributed by atoms with Crippen molar-refractivity contribution in [1.82, 2.24) is 5.32 Å². The van der Waals surface area contributed by atoms with Crippen molar-refractivity contribution in [2.24, 2.45) is 0 Å². The van der Waals surface area contributed by atoms with Crippen LogP contribution < -0.4 is 10.1 Å². The molecule has 3 rings (SSSR count). The van der Waals surface area contributed by atoms with Crippen molar-refractivity contribution in [2.45, 2.75) is 47.6 Å². The summed E-state index contributed by atoms with van der Waals surface area (Å²) < 4.78 is 11.1. The van der Waals surface area contributed by atoms with E-state index in [0.29, 0.717) is 18.7 Å². The van der Waals surface area contributed by atoms with Gasteiger partial charge in [-0.2, -0.15) is 0 Å². The van der Waals surface area contributed by atoms with Crippen molar-refractivity contribution in [3.05, 3.63) is 86.9 Å². The van der Waals surface area contributed by atoms with E-state index in [-0.39, 0.29) is 5.91 Å². The second kappa shape index (κ2) is 8.56. The highest BCUT2D eigenvalue weighted by molar-refractivity contribution is 5.91. The molecular formula is C25H29NO3. The van der Waals surface area contributed by atoms with Gasteiger partial charge in [0.2, 0.25) is 0 Å². The van der Waals surface area contributed by atoms with Crippen LogP contribution in [0.1, 0.15) is 55.3 Å². The number of nitrogens with one attached hydrogen (secondary N) is 1. The van der Waals surface area contributed by atoms with Crippen LogP contribution in [0, 0.1) is 34.6 Å². The van der Waals surface area contributed by atoms with Gasteiger partial charge in [-0.15, -0.1) is 0 Å². The third kappa shape index (κ3) is 4.37. The second-order valence-electron chi connectivity index (χ2n) is 7.58. The first-order valence-corrected chi connectivity index (χ1v) is 9.87. The maximum atomic E-state index is 12.5. The highest BCUT2D eigenvalue weighted by Crippen LogP contribution is 2.28. The van der Waals surface area contributed by atoms with Crippen LogP contribution >= 0.6 is 0 Å². The number of hydrogen-bond acceptors (Lipinski definition) is 3. The molecule has 1 heterocycles. The number of hydrogen-bond donors (Lipinski definition) is 1. The van der Waals surface area contributed by atoms with Gasteiger partial charge in [0.1, 0.15) is 11.5 Å². The largest absolute Gasteiger partial charge is 0.497 e. The highest BCUT2D eigenvalue weighted by Gasteiger charge is 2.16. The molecule has 0 aliphatic heterocycles. The van der Waals surface area contributed by atoms with E-state index in [1.165, 1.54) is 33.4 Å². The van der Waals surface area contributed by atoms with Gasteiger partial charge in [-0.25, -0.2) is 0 Å². The minimum Gasteiger partial charge on any atom is -0.497 e. The van der Waals surface area contributed by atoms with Crippen molar-refractivity contribution < 1.29 is 13.9 Å². The normalized spacial score (nSPS) is 10.8. The van der Waals surface area contributed by atoms with E-state index >= 15 is 0 Å². The fourth-order valence-electron chi connectivity index (χ4n) is 3.66. The molecule has 0 atom stereocenters. The quantitative estimate of drug-likeness (QED) is 0.616. The smallest absolute Gasteiger partial charge is 0.287 e. The maximum absolute atomic E-state index is 12.5. The third-order valence-corrected chi connectivity index (χ3v) is 5.98. The maximum Gasteiger partial charge on any atom is 0.287 e. The summed E-state index contributed by atoms with van der Waals surface area (Å²) in [5, 5.41) is 2.90. The van der Waals surface area contributed by atoms with Crippen LogP contribution in [0.4, 0.5) is 0 Å². The average molecular weight is 392 g/mol. The summed E-state index contributed by atoms with van der Waals surface area (Å²) in [6.07, 6.45) is 0.683. The third-order valence-electron chi connectivity index (χ3n) is 5.98. The molecule has 0 radical (unpaired) electrons. The van der Waals surface area contributed by atoms with Crippen LogP contribution in [-0.4, -0.2) is 13.0 Å². The van der Waals surface area contributed by atoms with Crippen molar-refractivity contribution in [2.75, 3.05) is 7.11 Å². The Labute approximate surface area is 172 Å². The van der Waals surface area contributed by atoms with E-state index in [4.69, 9.17) is 9.15 Å². The molecule has 1 amide bonds. The van der Waals surface area contributed by atoms with Crippen LogP contribution in [-0.2, 0) is 13.0 Å². The molecule has 29 heavy (non-hydrogen) atoms. The van der Waals surface area contributed by atoms with Crippen molar-refractivity contribution >= 4 is 5.91 Å². The predicted octanol–water partition coefficient (Wildman–Crippen LogP) is 5.35. The summed E-state index contributed by atoms with van der Waals surface area (Å²) in [4.78, 5) is 12.5. The van der Waals surface area contributed by atoms with Gasteiger partial charge < -0.3 is 14.5 Å². The van der Waals surface area contributed by atoms with E-state index < -0.39 is 0 Å². The molecule has 152 valence electrons.